The SMILES string of the molecule is COCOc1c(C)c(OCOC)c2c(c1C)O/C(=C\c1ccccc1)C2=O. The summed E-state index contributed by atoms with van der Waals surface area (Å²) in [5.74, 6) is 1.40. The Kier molecular flexibility index (Phi) is 5.78. The van der Waals surface area contributed by atoms with Crippen LogP contribution in [-0.2, 0) is 9.47 Å². The fraction of sp³-hybridized carbons (Fsp3) is 0.286. The van der Waals surface area contributed by atoms with Gasteiger partial charge >= 0.3 is 0 Å². The molecule has 0 saturated carbocycles. The molecule has 6 nitrogen and oxygen atoms in total. The third-order valence-corrected chi connectivity index (χ3v) is 4.22. The molecule has 0 fully saturated rings. The second-order valence-electron chi connectivity index (χ2n) is 6.06. The second kappa shape index (κ2) is 8.24. The van der Waals surface area contributed by atoms with E-state index in [1.54, 1.807) is 13.2 Å². The summed E-state index contributed by atoms with van der Waals surface area (Å²) in [6.45, 7) is 3.75. The molecule has 0 aliphatic carbocycles. The van der Waals surface area contributed by atoms with E-state index in [9.17, 15) is 4.79 Å². The highest BCUT2D eigenvalue weighted by molar-refractivity contribution is 6.17. The fourth-order valence-corrected chi connectivity index (χ4v) is 3.01. The zero-order chi connectivity index (χ0) is 19.4. The predicted octanol–water partition coefficient (Wildman–Crippen LogP) is 3.89. The summed E-state index contributed by atoms with van der Waals surface area (Å²) in [4.78, 5) is 13.0. The number of ether oxygens (including phenoxy) is 5. The van der Waals surface area contributed by atoms with Gasteiger partial charge in [0.05, 0.1) is 0 Å². The summed E-state index contributed by atoms with van der Waals surface area (Å²) in [6.07, 6.45) is 1.72. The van der Waals surface area contributed by atoms with Crippen molar-refractivity contribution in [3.63, 3.8) is 0 Å². The van der Waals surface area contributed by atoms with E-state index < -0.39 is 0 Å². The van der Waals surface area contributed by atoms with Crippen LogP contribution in [0.15, 0.2) is 36.1 Å². The first kappa shape index (κ1) is 18.9. The molecule has 27 heavy (non-hydrogen) atoms. The van der Waals surface area contributed by atoms with Gasteiger partial charge in [0.15, 0.2) is 19.3 Å². The maximum Gasteiger partial charge on any atom is 0.235 e. The number of benzene rings is 2. The Morgan fingerprint density at radius 2 is 1.56 bits per heavy atom. The van der Waals surface area contributed by atoms with E-state index in [0.717, 1.165) is 5.56 Å². The number of allylic oxidation sites excluding steroid dienone is 1. The Hall–Kier alpha value is -2.83. The van der Waals surface area contributed by atoms with E-state index in [1.165, 1.54) is 7.11 Å². The molecule has 0 aromatic heterocycles. The summed E-state index contributed by atoms with van der Waals surface area (Å²) < 4.78 is 27.3. The van der Waals surface area contributed by atoms with E-state index in [2.05, 4.69) is 0 Å². The summed E-state index contributed by atoms with van der Waals surface area (Å²) in [5.41, 5.74) is 2.67. The molecule has 142 valence electrons. The van der Waals surface area contributed by atoms with Gasteiger partial charge in [-0.2, -0.15) is 0 Å². The zero-order valence-electron chi connectivity index (χ0n) is 15.8. The topological polar surface area (TPSA) is 63.2 Å². The number of rotatable bonds is 7. The molecule has 1 aliphatic heterocycles. The molecule has 2 aromatic carbocycles. The molecule has 3 rings (SSSR count). The van der Waals surface area contributed by atoms with E-state index in [0.29, 0.717) is 33.9 Å². The van der Waals surface area contributed by atoms with Crippen LogP contribution in [0.25, 0.3) is 6.08 Å². The monoisotopic (exact) mass is 370 g/mol. The van der Waals surface area contributed by atoms with E-state index in [-0.39, 0.29) is 25.1 Å². The first-order chi connectivity index (χ1) is 13.1. The molecule has 0 spiro atoms. The Balaban J connectivity index is 2.10. The van der Waals surface area contributed by atoms with Crippen LogP contribution in [0.2, 0.25) is 0 Å². The van der Waals surface area contributed by atoms with Crippen molar-refractivity contribution in [3.8, 4) is 17.2 Å². The standard InChI is InChI=1S/C21H22O6/c1-13-19(25-11-23-3)14(2)21-17(20(13)26-12-24-4)18(22)16(27-21)10-15-8-6-5-7-9-15/h5-10H,11-12H2,1-4H3/b16-10-. The van der Waals surface area contributed by atoms with Gasteiger partial charge in [-0.05, 0) is 25.5 Å². The summed E-state index contributed by atoms with van der Waals surface area (Å²) in [5, 5.41) is 0. The van der Waals surface area contributed by atoms with Crippen LogP contribution in [0.5, 0.6) is 17.2 Å². The minimum Gasteiger partial charge on any atom is -0.467 e. The fourth-order valence-electron chi connectivity index (χ4n) is 3.01. The van der Waals surface area contributed by atoms with Crippen LogP contribution < -0.4 is 14.2 Å². The Morgan fingerprint density at radius 3 is 2.19 bits per heavy atom. The van der Waals surface area contributed by atoms with Crippen LogP contribution in [0, 0.1) is 13.8 Å². The highest BCUT2D eigenvalue weighted by atomic mass is 16.7. The van der Waals surface area contributed by atoms with Crippen molar-refractivity contribution in [2.24, 2.45) is 0 Å². The molecule has 0 amide bonds. The molecule has 2 aromatic rings. The third-order valence-electron chi connectivity index (χ3n) is 4.22. The molecular formula is C21H22O6. The summed E-state index contributed by atoms with van der Waals surface area (Å²) in [6, 6.07) is 9.52. The van der Waals surface area contributed by atoms with Gasteiger partial charge in [-0.15, -0.1) is 0 Å². The molecule has 0 unspecified atom stereocenters. The van der Waals surface area contributed by atoms with Gasteiger partial charge in [-0.1, -0.05) is 30.3 Å². The molecule has 0 bridgehead atoms. The molecule has 1 heterocycles. The van der Waals surface area contributed by atoms with Crippen molar-refractivity contribution in [2.75, 3.05) is 27.8 Å². The van der Waals surface area contributed by atoms with Gasteiger partial charge < -0.3 is 23.7 Å². The summed E-state index contributed by atoms with van der Waals surface area (Å²) in [7, 11) is 3.06. The summed E-state index contributed by atoms with van der Waals surface area (Å²) >= 11 is 0. The first-order valence-corrected chi connectivity index (χ1v) is 8.48. The Morgan fingerprint density at radius 1 is 0.926 bits per heavy atom. The first-order valence-electron chi connectivity index (χ1n) is 8.48. The highest BCUT2D eigenvalue weighted by Gasteiger charge is 2.36. The lowest BCUT2D eigenvalue weighted by molar-refractivity contribution is 0.0443. The van der Waals surface area contributed by atoms with Crippen LogP contribution in [-0.4, -0.2) is 33.6 Å². The maximum atomic E-state index is 13.0. The molecule has 6 heteroatoms. The van der Waals surface area contributed by atoms with E-state index >= 15 is 0 Å². The minimum atomic E-state index is -0.232. The number of carbonyl (C=O) groups is 1. The Bertz CT molecular complexity index is 870. The number of carbonyl (C=O) groups excluding carboxylic acids is 1. The number of hydrogen-bond acceptors (Lipinski definition) is 6. The lowest BCUT2D eigenvalue weighted by Gasteiger charge is -2.18. The molecule has 0 saturated heterocycles. The zero-order valence-corrected chi connectivity index (χ0v) is 15.8. The number of ketones is 1. The second-order valence-corrected chi connectivity index (χ2v) is 6.06. The van der Waals surface area contributed by atoms with Crippen molar-refractivity contribution in [1.29, 1.82) is 0 Å². The van der Waals surface area contributed by atoms with Gasteiger partial charge in [0.25, 0.3) is 0 Å². The van der Waals surface area contributed by atoms with Crippen molar-refractivity contribution < 1.29 is 28.5 Å². The molecular weight excluding hydrogens is 348 g/mol. The van der Waals surface area contributed by atoms with Crippen molar-refractivity contribution in [2.45, 2.75) is 13.8 Å². The van der Waals surface area contributed by atoms with Gasteiger partial charge in [-0.25, -0.2) is 0 Å². The average molecular weight is 370 g/mol. The normalized spacial score (nSPS) is 14.2. The highest BCUT2D eigenvalue weighted by Crippen LogP contribution is 2.48. The van der Waals surface area contributed by atoms with Gasteiger partial charge in [0, 0.05) is 25.3 Å². The van der Waals surface area contributed by atoms with Crippen molar-refractivity contribution >= 4 is 11.9 Å². The van der Waals surface area contributed by atoms with Gasteiger partial charge in [0.1, 0.15) is 22.8 Å². The smallest absolute Gasteiger partial charge is 0.235 e. The minimum absolute atomic E-state index is 0.00503. The van der Waals surface area contributed by atoms with E-state index in [1.807, 2.05) is 44.2 Å². The van der Waals surface area contributed by atoms with Crippen LogP contribution in [0.3, 0.4) is 0 Å². The third kappa shape index (κ3) is 3.67. The van der Waals surface area contributed by atoms with Crippen LogP contribution in [0.1, 0.15) is 27.0 Å². The number of fused-ring (bicyclic) bond motifs is 1. The molecule has 0 atom stereocenters. The lowest BCUT2D eigenvalue weighted by atomic mass is 10.00. The van der Waals surface area contributed by atoms with Gasteiger partial charge in [0.2, 0.25) is 5.78 Å². The lowest BCUT2D eigenvalue weighted by Crippen LogP contribution is -2.09. The number of Topliss-reactive ketones (excluding diaryl/α,β-unsaturated/α-hetero) is 1. The molecule has 0 radical (unpaired) electrons. The van der Waals surface area contributed by atoms with Crippen LogP contribution in [0.4, 0.5) is 0 Å². The van der Waals surface area contributed by atoms with Crippen molar-refractivity contribution in [3.05, 3.63) is 58.3 Å². The largest absolute Gasteiger partial charge is 0.467 e. The van der Waals surface area contributed by atoms with E-state index in [4.69, 9.17) is 23.7 Å². The maximum absolute atomic E-state index is 13.0. The number of methoxy groups -OCH3 is 2. The van der Waals surface area contributed by atoms with Crippen LogP contribution >= 0.6 is 0 Å². The number of hydrogen-bond donors (Lipinski definition) is 0. The predicted molar refractivity (Wildman–Crippen MR) is 100 cm³/mol. The molecule has 0 N–H and O–H groups in total. The quantitative estimate of drug-likeness (QED) is 0.544. The van der Waals surface area contributed by atoms with Gasteiger partial charge in [-0.3, -0.25) is 4.79 Å². The van der Waals surface area contributed by atoms with Crippen molar-refractivity contribution in [1.82, 2.24) is 0 Å². The average Bonchev–Trinajstić information content (AvgIpc) is 2.99. The Labute approximate surface area is 158 Å². The molecule has 1 aliphatic rings.